The van der Waals surface area contributed by atoms with E-state index in [9.17, 15) is 19.5 Å². The molecule has 1 rings (SSSR count). The maximum atomic E-state index is 12.7. The summed E-state index contributed by atoms with van der Waals surface area (Å²) in [6.45, 7) is 8.94. The fourth-order valence-corrected chi connectivity index (χ4v) is 3.30. The Morgan fingerprint density at radius 3 is 2.45 bits per heavy atom. The van der Waals surface area contributed by atoms with Gasteiger partial charge in [0.05, 0.1) is 24.6 Å². The molecule has 182 valence electrons. The summed E-state index contributed by atoms with van der Waals surface area (Å²) in [4.78, 5) is 37.0. The lowest BCUT2D eigenvalue weighted by Crippen LogP contribution is -2.44. The predicted octanol–water partition coefficient (Wildman–Crippen LogP) is 3.08. The number of amides is 2. The molecule has 3 N–H and O–H groups in total. The van der Waals surface area contributed by atoms with Crippen LogP contribution in [0.15, 0.2) is 55.6 Å². The number of rotatable bonds is 17. The average molecular weight is 459 g/mol. The number of carbonyl (C=O) groups is 3. The van der Waals surface area contributed by atoms with Crippen LogP contribution in [0.2, 0.25) is 0 Å². The number of aliphatic hydroxyl groups is 1. The second-order valence-electron chi connectivity index (χ2n) is 8.19. The highest BCUT2D eigenvalue weighted by Gasteiger charge is 2.23. The molecule has 33 heavy (non-hydrogen) atoms. The third-order valence-electron chi connectivity index (χ3n) is 5.09. The minimum Gasteiger partial charge on any atom is -0.464 e. The number of ether oxygens (including phenoxy) is 1. The van der Waals surface area contributed by atoms with Gasteiger partial charge in [-0.2, -0.15) is 0 Å². The van der Waals surface area contributed by atoms with Gasteiger partial charge >= 0.3 is 5.97 Å². The first-order chi connectivity index (χ1) is 15.9. The molecule has 3 atom stereocenters. The lowest BCUT2D eigenvalue weighted by Gasteiger charge is -2.21. The van der Waals surface area contributed by atoms with E-state index in [1.807, 2.05) is 36.4 Å². The number of esters is 1. The Bertz CT molecular complexity index is 750. The van der Waals surface area contributed by atoms with Crippen LogP contribution < -0.4 is 10.6 Å². The first kappa shape index (κ1) is 28.1. The van der Waals surface area contributed by atoms with Crippen LogP contribution in [0, 0.1) is 5.92 Å². The molecule has 0 radical (unpaired) electrons. The Balaban J connectivity index is 2.48. The summed E-state index contributed by atoms with van der Waals surface area (Å²) < 4.78 is 5.22. The number of aliphatic hydroxyl groups excluding tert-OH is 1. The highest BCUT2D eigenvalue weighted by Crippen LogP contribution is 2.12. The zero-order chi connectivity index (χ0) is 24.5. The standard InChI is InChI=1S/C26H38N2O5/c1-4-6-7-11-15-25(31)33-19-20(3)27-26(32)22(12-5-2)17-24(30)28-23(18-29)16-21-13-9-8-10-14-21/h4-5,8-10,13-14,20,22-23,29H,1-2,6-7,11-12,15-19H2,3H3,(H,27,32)(H,28,30)/t20-,22+,23-/m0/s1. The Hall–Kier alpha value is -2.93. The zero-order valence-corrected chi connectivity index (χ0v) is 19.6. The van der Waals surface area contributed by atoms with Crippen LogP contribution in [0.5, 0.6) is 0 Å². The summed E-state index contributed by atoms with van der Waals surface area (Å²) in [5, 5.41) is 15.2. The molecule has 0 aliphatic carbocycles. The average Bonchev–Trinajstić information content (AvgIpc) is 2.80. The van der Waals surface area contributed by atoms with Crippen molar-refractivity contribution in [1.82, 2.24) is 10.6 Å². The van der Waals surface area contributed by atoms with E-state index in [1.54, 1.807) is 13.0 Å². The monoisotopic (exact) mass is 458 g/mol. The van der Waals surface area contributed by atoms with Crippen molar-refractivity contribution >= 4 is 17.8 Å². The summed E-state index contributed by atoms with van der Waals surface area (Å²) in [5.41, 5.74) is 1.00. The van der Waals surface area contributed by atoms with Crippen molar-refractivity contribution < 1.29 is 24.2 Å². The molecule has 0 fully saturated rings. The highest BCUT2D eigenvalue weighted by molar-refractivity contribution is 5.86. The molecular formula is C26H38N2O5. The van der Waals surface area contributed by atoms with Gasteiger partial charge in [-0.15, -0.1) is 13.2 Å². The number of benzene rings is 1. The fourth-order valence-electron chi connectivity index (χ4n) is 3.30. The molecule has 2 amide bonds. The molecule has 0 spiro atoms. The van der Waals surface area contributed by atoms with Gasteiger partial charge in [-0.1, -0.05) is 42.5 Å². The molecule has 0 unspecified atom stereocenters. The van der Waals surface area contributed by atoms with E-state index in [2.05, 4.69) is 23.8 Å². The Morgan fingerprint density at radius 1 is 1.09 bits per heavy atom. The van der Waals surface area contributed by atoms with Gasteiger partial charge in [0.15, 0.2) is 0 Å². The summed E-state index contributed by atoms with van der Waals surface area (Å²) in [6, 6.07) is 8.75. The van der Waals surface area contributed by atoms with Gasteiger partial charge in [0.1, 0.15) is 6.61 Å². The molecule has 0 aromatic heterocycles. The zero-order valence-electron chi connectivity index (χ0n) is 19.6. The van der Waals surface area contributed by atoms with Crippen molar-refractivity contribution in [1.29, 1.82) is 0 Å². The number of allylic oxidation sites excluding steroid dienone is 2. The molecule has 0 saturated heterocycles. The van der Waals surface area contributed by atoms with E-state index in [1.165, 1.54) is 0 Å². The van der Waals surface area contributed by atoms with Crippen molar-refractivity contribution in [3.8, 4) is 0 Å². The number of carbonyl (C=O) groups excluding carboxylic acids is 3. The predicted molar refractivity (Wildman–Crippen MR) is 129 cm³/mol. The normalized spacial score (nSPS) is 13.3. The molecule has 0 heterocycles. The van der Waals surface area contributed by atoms with E-state index >= 15 is 0 Å². The first-order valence-corrected chi connectivity index (χ1v) is 11.5. The third kappa shape index (κ3) is 12.6. The quantitative estimate of drug-likeness (QED) is 0.189. The molecule has 1 aromatic carbocycles. The lowest BCUT2D eigenvalue weighted by molar-refractivity contribution is -0.145. The summed E-state index contributed by atoms with van der Waals surface area (Å²) in [5.74, 6) is -1.51. The molecule has 7 heteroatoms. The largest absolute Gasteiger partial charge is 0.464 e. The number of hydrogen-bond donors (Lipinski definition) is 3. The van der Waals surface area contributed by atoms with Crippen LogP contribution in [0.4, 0.5) is 0 Å². The smallest absolute Gasteiger partial charge is 0.305 e. The first-order valence-electron chi connectivity index (χ1n) is 11.5. The van der Waals surface area contributed by atoms with Crippen LogP contribution in [-0.4, -0.2) is 48.2 Å². The highest BCUT2D eigenvalue weighted by atomic mass is 16.5. The molecule has 0 bridgehead atoms. The maximum absolute atomic E-state index is 12.7. The van der Waals surface area contributed by atoms with Crippen molar-refractivity contribution in [2.24, 2.45) is 5.92 Å². The van der Waals surface area contributed by atoms with Crippen molar-refractivity contribution in [3.63, 3.8) is 0 Å². The van der Waals surface area contributed by atoms with Crippen LogP contribution in [0.1, 0.15) is 51.0 Å². The van der Waals surface area contributed by atoms with Crippen molar-refractivity contribution in [3.05, 3.63) is 61.2 Å². The second-order valence-corrected chi connectivity index (χ2v) is 8.19. The second kappa shape index (κ2) is 16.7. The van der Waals surface area contributed by atoms with Gasteiger partial charge in [0.25, 0.3) is 0 Å². The van der Waals surface area contributed by atoms with Gasteiger partial charge in [-0.3, -0.25) is 14.4 Å². The molecule has 0 aliphatic heterocycles. The van der Waals surface area contributed by atoms with E-state index in [0.29, 0.717) is 19.3 Å². The molecule has 7 nitrogen and oxygen atoms in total. The van der Waals surface area contributed by atoms with E-state index in [4.69, 9.17) is 4.74 Å². The summed E-state index contributed by atoms with van der Waals surface area (Å²) >= 11 is 0. The molecular weight excluding hydrogens is 420 g/mol. The van der Waals surface area contributed by atoms with Gasteiger partial charge in [0, 0.05) is 12.8 Å². The number of hydrogen-bond acceptors (Lipinski definition) is 5. The third-order valence-corrected chi connectivity index (χ3v) is 5.09. The Kier molecular flexibility index (Phi) is 14.2. The Labute approximate surface area is 197 Å². The van der Waals surface area contributed by atoms with Crippen LogP contribution in [0.3, 0.4) is 0 Å². The number of unbranched alkanes of at least 4 members (excludes halogenated alkanes) is 2. The van der Waals surface area contributed by atoms with Crippen LogP contribution in [0.25, 0.3) is 0 Å². The minimum absolute atomic E-state index is 0.0288. The lowest BCUT2D eigenvalue weighted by atomic mass is 9.98. The van der Waals surface area contributed by atoms with Gasteiger partial charge in [-0.25, -0.2) is 0 Å². The van der Waals surface area contributed by atoms with Crippen molar-refractivity contribution in [2.45, 2.75) is 64.0 Å². The van der Waals surface area contributed by atoms with Crippen LogP contribution >= 0.6 is 0 Å². The number of nitrogens with one attached hydrogen (secondary N) is 2. The molecule has 1 aromatic rings. The van der Waals surface area contributed by atoms with Crippen molar-refractivity contribution in [2.75, 3.05) is 13.2 Å². The minimum atomic E-state index is -0.601. The van der Waals surface area contributed by atoms with E-state index < -0.39 is 12.0 Å². The topological polar surface area (TPSA) is 105 Å². The van der Waals surface area contributed by atoms with Gasteiger partial charge < -0.3 is 20.5 Å². The van der Waals surface area contributed by atoms with E-state index in [-0.39, 0.29) is 43.5 Å². The molecule has 0 saturated carbocycles. The van der Waals surface area contributed by atoms with E-state index in [0.717, 1.165) is 24.8 Å². The molecule has 0 aliphatic rings. The van der Waals surface area contributed by atoms with Crippen LogP contribution in [-0.2, 0) is 25.5 Å². The maximum Gasteiger partial charge on any atom is 0.305 e. The Morgan fingerprint density at radius 2 is 1.82 bits per heavy atom. The SMILES string of the molecule is C=CCCCCC(=O)OC[C@H](C)NC(=O)[C@H](CC=C)CC(=O)N[C@H](CO)Cc1ccccc1. The van der Waals surface area contributed by atoms with Gasteiger partial charge in [-0.05, 0) is 44.6 Å². The summed E-state index contributed by atoms with van der Waals surface area (Å²) in [6.07, 6.45) is 7.04. The summed E-state index contributed by atoms with van der Waals surface area (Å²) in [7, 11) is 0. The van der Waals surface area contributed by atoms with Gasteiger partial charge in [0.2, 0.25) is 11.8 Å². The fraction of sp³-hybridized carbons (Fsp3) is 0.500.